The van der Waals surface area contributed by atoms with E-state index in [1.807, 2.05) is 24.3 Å². The smallest absolute Gasteiger partial charge is 0.235 e. The van der Waals surface area contributed by atoms with Gasteiger partial charge in [-0.15, -0.1) is 0 Å². The molecule has 2 aliphatic rings. The van der Waals surface area contributed by atoms with Gasteiger partial charge in [0, 0.05) is 29.3 Å². The molecule has 37 heavy (non-hydrogen) atoms. The number of hydrogen-bond donors (Lipinski definition) is 2. The van der Waals surface area contributed by atoms with Crippen molar-refractivity contribution >= 4 is 34.6 Å². The Hall–Kier alpha value is -4.22. The number of hydrogen-bond acceptors (Lipinski definition) is 4. The SMILES string of the molecule is COc1ccc2c(c1)C1(CC1c1c#cc3c(/C=C/c4cc(F)c(CN(C)C)c(F)c4)n[nH]c3c1)C(=O)N2. The van der Waals surface area contributed by atoms with E-state index in [4.69, 9.17) is 4.74 Å². The molecule has 1 fully saturated rings. The van der Waals surface area contributed by atoms with E-state index in [1.54, 1.807) is 38.3 Å². The number of amides is 1. The summed E-state index contributed by atoms with van der Waals surface area (Å²) in [7, 11) is 5.13. The van der Waals surface area contributed by atoms with Gasteiger partial charge in [-0.1, -0.05) is 18.2 Å². The Balaban J connectivity index is 1.26. The molecule has 2 unspecified atom stereocenters. The number of fused-ring (bicyclic) bond motifs is 3. The van der Waals surface area contributed by atoms with Crippen molar-refractivity contribution in [1.29, 1.82) is 0 Å². The predicted octanol–water partition coefficient (Wildman–Crippen LogP) is 5.06. The molecule has 1 saturated carbocycles. The van der Waals surface area contributed by atoms with Gasteiger partial charge >= 0.3 is 0 Å². The largest absolute Gasteiger partial charge is 0.497 e. The molecule has 1 amide bonds. The van der Waals surface area contributed by atoms with E-state index in [0.717, 1.165) is 22.3 Å². The number of carbonyl (C=O) groups is 1. The van der Waals surface area contributed by atoms with Crippen LogP contribution in [0.25, 0.3) is 23.1 Å². The standard InChI is InChI=1S/C29H24F2N4O2/c1-35(2)15-20-23(30)10-16(11-24(20)31)4-8-25-19-7-5-17(12-27(19)34-33-25)22-14-29(22)21-13-18(37-3)6-9-26(21)32-28(29)36/h4,6,8-13,22H,14-15H2,1-3H3,(H,32,36)(H,33,34)/b8-4+. The van der Waals surface area contributed by atoms with Crippen LogP contribution in [-0.4, -0.2) is 42.2 Å². The van der Waals surface area contributed by atoms with Gasteiger partial charge in [0.05, 0.1) is 23.4 Å². The van der Waals surface area contributed by atoms with Crippen LogP contribution in [0.3, 0.4) is 0 Å². The Labute approximate surface area is 212 Å². The van der Waals surface area contributed by atoms with Gasteiger partial charge in [0.2, 0.25) is 5.91 Å². The quantitative estimate of drug-likeness (QED) is 0.390. The zero-order valence-corrected chi connectivity index (χ0v) is 20.6. The summed E-state index contributed by atoms with van der Waals surface area (Å²) in [4.78, 5) is 14.7. The third-order valence-corrected chi connectivity index (χ3v) is 7.22. The van der Waals surface area contributed by atoms with Crippen molar-refractivity contribution in [2.24, 2.45) is 0 Å². The average Bonchev–Trinajstić information content (AvgIpc) is 3.41. The van der Waals surface area contributed by atoms with Gasteiger partial charge < -0.3 is 15.0 Å². The maximum Gasteiger partial charge on any atom is 0.235 e. The molecule has 1 spiro atoms. The second kappa shape index (κ2) is 8.43. The van der Waals surface area contributed by atoms with Crippen molar-refractivity contribution in [1.82, 2.24) is 15.1 Å². The number of anilines is 1. The van der Waals surface area contributed by atoms with Crippen molar-refractivity contribution < 1.29 is 18.3 Å². The van der Waals surface area contributed by atoms with Gasteiger partial charge in [-0.05, 0) is 74.1 Å². The first-order valence-corrected chi connectivity index (χ1v) is 11.9. The highest BCUT2D eigenvalue weighted by Gasteiger charge is 2.65. The lowest BCUT2D eigenvalue weighted by atomic mass is 9.92. The zero-order chi connectivity index (χ0) is 25.9. The van der Waals surface area contributed by atoms with Gasteiger partial charge in [0.25, 0.3) is 0 Å². The minimum atomic E-state index is -0.627. The highest BCUT2D eigenvalue weighted by atomic mass is 19.1. The lowest BCUT2D eigenvalue weighted by Gasteiger charge is -2.12. The number of halogens is 2. The normalized spacial score (nSPS) is 20.1. The molecule has 1 aliphatic carbocycles. The lowest BCUT2D eigenvalue weighted by molar-refractivity contribution is -0.118. The number of aromatic nitrogens is 2. The van der Waals surface area contributed by atoms with Crippen LogP contribution in [0.2, 0.25) is 0 Å². The van der Waals surface area contributed by atoms with Gasteiger partial charge in [-0.25, -0.2) is 8.78 Å². The topological polar surface area (TPSA) is 70.2 Å². The molecule has 1 aromatic heterocycles. The Kier molecular flexibility index (Phi) is 5.28. The number of H-pyrrole nitrogens is 1. The third kappa shape index (κ3) is 3.74. The Morgan fingerprint density at radius 3 is 2.68 bits per heavy atom. The maximum absolute atomic E-state index is 14.4. The number of methoxy groups -OCH3 is 1. The van der Waals surface area contributed by atoms with Crippen LogP contribution in [0.15, 0.2) is 36.4 Å². The molecular weight excluding hydrogens is 474 g/mol. The molecule has 1 aliphatic heterocycles. The van der Waals surface area contributed by atoms with E-state index in [2.05, 4.69) is 27.6 Å². The van der Waals surface area contributed by atoms with Crippen LogP contribution in [0.4, 0.5) is 14.5 Å². The molecule has 4 aromatic rings. The number of ether oxygens (including phenoxy) is 1. The number of carbonyl (C=O) groups excluding carboxylic acids is 1. The highest BCUT2D eigenvalue weighted by Crippen LogP contribution is 2.65. The molecule has 2 atom stereocenters. The number of benzene rings is 2. The fourth-order valence-electron chi connectivity index (χ4n) is 5.27. The van der Waals surface area contributed by atoms with Crippen LogP contribution in [0, 0.1) is 23.8 Å². The number of rotatable bonds is 6. The molecule has 0 bridgehead atoms. The van der Waals surface area contributed by atoms with Gasteiger partial charge in [0.1, 0.15) is 23.1 Å². The lowest BCUT2D eigenvalue weighted by Crippen LogP contribution is -2.20. The summed E-state index contributed by atoms with van der Waals surface area (Å²) < 4.78 is 34.2. The molecule has 6 nitrogen and oxygen atoms in total. The first-order chi connectivity index (χ1) is 17.8. The van der Waals surface area contributed by atoms with E-state index in [-0.39, 0.29) is 23.9 Å². The Morgan fingerprint density at radius 2 is 1.95 bits per heavy atom. The van der Waals surface area contributed by atoms with E-state index in [1.165, 1.54) is 12.1 Å². The van der Waals surface area contributed by atoms with Crippen LogP contribution >= 0.6 is 0 Å². The van der Waals surface area contributed by atoms with Crippen LogP contribution in [0.1, 0.15) is 40.3 Å². The van der Waals surface area contributed by atoms with Crippen molar-refractivity contribution in [3.63, 3.8) is 0 Å². The Bertz CT molecular complexity index is 1570. The summed E-state index contributed by atoms with van der Waals surface area (Å²) in [6, 6.07) is 16.6. The molecule has 3 aromatic carbocycles. The molecule has 0 saturated heterocycles. The van der Waals surface area contributed by atoms with E-state index < -0.39 is 17.0 Å². The predicted molar refractivity (Wildman–Crippen MR) is 137 cm³/mol. The summed E-state index contributed by atoms with van der Waals surface area (Å²) in [5.41, 5.74) is 3.77. The van der Waals surface area contributed by atoms with Gasteiger partial charge in [-0.2, -0.15) is 5.10 Å². The Morgan fingerprint density at radius 1 is 1.16 bits per heavy atom. The molecule has 2 N–H and O–H groups in total. The third-order valence-electron chi connectivity index (χ3n) is 7.22. The monoisotopic (exact) mass is 498 g/mol. The molecule has 2 heterocycles. The fourth-order valence-corrected chi connectivity index (χ4v) is 5.27. The maximum atomic E-state index is 14.4. The molecule has 6 rings (SSSR count). The number of aromatic amines is 1. The molecule has 0 radical (unpaired) electrons. The van der Waals surface area contributed by atoms with Crippen LogP contribution in [0.5, 0.6) is 5.75 Å². The van der Waals surface area contributed by atoms with Gasteiger partial charge in [-0.3, -0.25) is 9.89 Å². The molecular formula is C29H24F2N4O2. The molecule has 186 valence electrons. The zero-order valence-electron chi connectivity index (χ0n) is 20.6. The van der Waals surface area contributed by atoms with Crippen molar-refractivity contribution in [2.75, 3.05) is 26.5 Å². The van der Waals surface area contributed by atoms with Crippen LogP contribution in [-0.2, 0) is 16.8 Å². The summed E-state index contributed by atoms with van der Waals surface area (Å²) in [6.45, 7) is 0.182. The summed E-state index contributed by atoms with van der Waals surface area (Å²) in [5, 5.41) is 11.0. The van der Waals surface area contributed by atoms with E-state index in [9.17, 15) is 13.6 Å². The first kappa shape index (κ1) is 23.2. The van der Waals surface area contributed by atoms with Crippen molar-refractivity contribution in [2.45, 2.75) is 24.3 Å². The highest BCUT2D eigenvalue weighted by molar-refractivity contribution is 6.10. The number of nitrogens with one attached hydrogen (secondary N) is 2. The second-order valence-electron chi connectivity index (χ2n) is 9.88. The molecule has 8 heteroatoms. The summed E-state index contributed by atoms with van der Waals surface area (Å²) >= 11 is 0. The van der Waals surface area contributed by atoms with Crippen molar-refractivity contribution in [3.05, 3.63) is 88.1 Å². The van der Waals surface area contributed by atoms with Crippen LogP contribution < -0.4 is 10.1 Å². The van der Waals surface area contributed by atoms with Gasteiger partial charge in [0.15, 0.2) is 0 Å². The minimum Gasteiger partial charge on any atom is -0.497 e. The van der Waals surface area contributed by atoms with Crippen molar-refractivity contribution in [3.8, 4) is 5.75 Å². The first-order valence-electron chi connectivity index (χ1n) is 11.9. The summed E-state index contributed by atoms with van der Waals surface area (Å²) in [5.74, 6) is -0.506. The van der Waals surface area contributed by atoms with E-state index >= 15 is 0 Å². The van der Waals surface area contributed by atoms with E-state index in [0.29, 0.717) is 28.8 Å². The minimum absolute atomic E-state index is 0.0152. The summed E-state index contributed by atoms with van der Waals surface area (Å²) in [6.07, 6.45) is 3.98. The fraction of sp³-hybridized carbons (Fsp3) is 0.241. The second-order valence-corrected chi connectivity index (χ2v) is 9.88. The average molecular weight is 499 g/mol. The number of nitrogens with zero attached hydrogens (tertiary/aromatic N) is 2.